The van der Waals surface area contributed by atoms with E-state index in [2.05, 4.69) is 39.0 Å². The van der Waals surface area contributed by atoms with Crippen LogP contribution in [0.5, 0.6) is 0 Å². The van der Waals surface area contributed by atoms with Gasteiger partial charge in [0.1, 0.15) is 0 Å². The Bertz CT molecular complexity index is 385. The Morgan fingerprint density at radius 1 is 1.31 bits per heavy atom. The van der Waals surface area contributed by atoms with Crippen LogP contribution < -0.4 is 24.8 Å². The Balaban J connectivity index is 0.00000112. The first-order chi connectivity index (χ1) is 6.62. The normalized spacial score (nSPS) is 26.1. The number of hydrogen-bond donors (Lipinski definition) is 0. The van der Waals surface area contributed by atoms with Crippen molar-refractivity contribution in [1.82, 2.24) is 0 Å². The molecule has 1 heterocycles. The fourth-order valence-electron chi connectivity index (χ4n) is 1.65. The average molecular weight is 726 g/mol. The summed E-state index contributed by atoms with van der Waals surface area (Å²) in [6.45, 7) is 7.53. The van der Waals surface area contributed by atoms with E-state index in [0.29, 0.717) is 0 Å². The average Bonchev–Trinajstić information content (AvgIpc) is 2.72. The van der Waals surface area contributed by atoms with Gasteiger partial charge in [-0.25, -0.2) is 0 Å². The quantitative estimate of drug-likeness (QED) is 0.262. The summed E-state index contributed by atoms with van der Waals surface area (Å²) in [7, 11) is 0. The molecule has 1 aliphatic heterocycles. The zero-order valence-electron chi connectivity index (χ0n) is 9.59. The largest absolute Gasteiger partial charge is 1.00 e. The van der Waals surface area contributed by atoms with Crippen molar-refractivity contribution in [1.29, 1.82) is 0 Å². The fourth-order valence-corrected chi connectivity index (χ4v) is 58.0. The van der Waals surface area contributed by atoms with Crippen LogP contribution in [0.4, 0.5) is 0 Å². The van der Waals surface area contributed by atoms with Gasteiger partial charge in [-0.1, -0.05) is 0 Å². The van der Waals surface area contributed by atoms with E-state index in [1.807, 2.05) is 12.1 Å². The molecule has 0 saturated heterocycles. The van der Waals surface area contributed by atoms with E-state index in [9.17, 15) is 0 Å². The summed E-state index contributed by atoms with van der Waals surface area (Å²) in [4.78, 5) is 0. The molecule has 2 aliphatic rings. The van der Waals surface area contributed by atoms with Gasteiger partial charge in [-0.3, -0.25) is 0 Å². The van der Waals surface area contributed by atoms with Crippen molar-refractivity contribution >= 4 is 35.6 Å². The molecule has 5 heteroatoms. The molecule has 0 aromatic carbocycles. The molecule has 0 nitrogen and oxygen atoms in total. The van der Waals surface area contributed by atoms with Crippen molar-refractivity contribution in [3.05, 3.63) is 30.4 Å². The van der Waals surface area contributed by atoms with E-state index >= 15 is 0 Å². The van der Waals surface area contributed by atoms with Gasteiger partial charge in [-0.15, -0.1) is 0 Å². The van der Waals surface area contributed by atoms with Crippen LogP contribution in [-0.4, -0.2) is 35.6 Å². The maximum absolute atomic E-state index is 2.63. The second-order valence-electron chi connectivity index (χ2n) is 3.93. The maximum atomic E-state index is 2.63. The minimum Gasteiger partial charge on any atom is -1.00 e. The van der Waals surface area contributed by atoms with Gasteiger partial charge < -0.3 is 24.8 Å². The standard InChI is InChI=1S/C6H9.C5H5.2Bi.2ClH.Zr/c1-4-6(3)5-2;1-2-4-5-3-1;;;;;/h1-3H3;1-3H,4H2;;;2*1H;/q;;;;;;+2/p-2. The molecule has 0 saturated carbocycles. The van der Waals surface area contributed by atoms with Gasteiger partial charge in [0.2, 0.25) is 0 Å². The molecule has 1 unspecified atom stereocenters. The molecule has 16 heavy (non-hydrogen) atoms. The van der Waals surface area contributed by atoms with Gasteiger partial charge in [0.25, 0.3) is 0 Å². The van der Waals surface area contributed by atoms with Crippen LogP contribution in [0.15, 0.2) is 30.4 Å². The monoisotopic (exact) mass is 724 g/mol. The molecule has 2 rings (SSSR count). The molecule has 0 radical (unpaired) electrons. The van der Waals surface area contributed by atoms with Crippen molar-refractivity contribution < 1.29 is 48.0 Å². The summed E-state index contributed by atoms with van der Waals surface area (Å²) < 4.78 is 4.68. The Hall–Kier alpha value is 2.45. The predicted octanol–water partition coefficient (Wildman–Crippen LogP) is -3.31. The van der Waals surface area contributed by atoms with Crippen LogP contribution in [-0.2, 0) is 23.2 Å². The third-order valence-corrected chi connectivity index (χ3v) is 61.2. The summed E-state index contributed by atoms with van der Waals surface area (Å²) >= 11 is -0.304. The van der Waals surface area contributed by atoms with Crippen molar-refractivity contribution in [2.45, 2.75) is 28.0 Å². The van der Waals surface area contributed by atoms with Gasteiger partial charge in [-0.05, 0) is 0 Å². The van der Waals surface area contributed by atoms with Crippen LogP contribution in [0.1, 0.15) is 27.2 Å². The van der Waals surface area contributed by atoms with Gasteiger partial charge in [0, 0.05) is 0 Å². The van der Waals surface area contributed by atoms with Crippen LogP contribution in [0.25, 0.3) is 0 Å². The first kappa shape index (κ1) is 18.4. The molecule has 0 bridgehead atoms. The number of rotatable bonds is 2. The van der Waals surface area contributed by atoms with Gasteiger partial charge in [-0.2, -0.15) is 0 Å². The Labute approximate surface area is 139 Å². The number of halogens is 2. The van der Waals surface area contributed by atoms with E-state index in [1.54, 1.807) is 0 Å². The van der Waals surface area contributed by atoms with E-state index in [0.717, 1.165) is 0.831 Å². The first-order valence-corrected chi connectivity index (χ1v) is 26.0. The molecule has 0 fully saturated rings. The maximum Gasteiger partial charge on any atom is -1.00 e. The van der Waals surface area contributed by atoms with Crippen molar-refractivity contribution in [2.75, 3.05) is 0 Å². The second kappa shape index (κ2) is 7.90. The summed E-state index contributed by atoms with van der Waals surface area (Å²) in [5, 5.41) is 0. The summed E-state index contributed by atoms with van der Waals surface area (Å²) in [5.74, 6) is 0. The molecular formula is C11H14Bi2Cl2Zr. The van der Waals surface area contributed by atoms with Gasteiger partial charge >= 0.3 is 117 Å². The van der Waals surface area contributed by atoms with Crippen molar-refractivity contribution in [3.8, 4) is 0 Å². The molecule has 0 spiro atoms. The summed E-state index contributed by atoms with van der Waals surface area (Å²) in [6, 6.07) is 0. The van der Waals surface area contributed by atoms with Crippen molar-refractivity contribution in [3.63, 3.8) is 0 Å². The molecule has 0 aromatic heterocycles. The van der Waals surface area contributed by atoms with E-state index < -0.39 is 0 Å². The van der Waals surface area contributed by atoms with E-state index in [1.165, 1.54) is 6.42 Å². The Morgan fingerprint density at radius 3 is 2.44 bits per heavy atom. The molecule has 0 amide bonds. The fraction of sp³-hybridized carbons (Fsp3) is 0.455. The first-order valence-electron chi connectivity index (χ1n) is 4.86. The van der Waals surface area contributed by atoms with Gasteiger partial charge in [0.05, 0.1) is 0 Å². The number of allylic oxidation sites excluding steroid dienone is 6. The smallest absolute Gasteiger partial charge is 1.00 e. The van der Waals surface area contributed by atoms with E-state index in [-0.39, 0.29) is 83.6 Å². The number of hydrogen-bond acceptors (Lipinski definition) is 0. The minimum absolute atomic E-state index is 0. The van der Waals surface area contributed by atoms with Crippen LogP contribution >= 0.6 is 0 Å². The minimum atomic E-state index is -0.245. The molecular weight excluding hydrogens is 712 g/mol. The molecule has 1 atom stereocenters. The third kappa shape index (κ3) is 4.23. The zero-order valence-corrected chi connectivity index (χ0v) is 20.5. The van der Waals surface area contributed by atoms with E-state index in [4.69, 9.17) is 0 Å². The summed E-state index contributed by atoms with van der Waals surface area (Å²) in [6.07, 6.45) is 8.34. The Kier molecular flexibility index (Phi) is 9.11. The second-order valence-corrected chi connectivity index (χ2v) is 34.1. The van der Waals surface area contributed by atoms with Crippen LogP contribution in [0.3, 0.4) is 0 Å². The predicted molar refractivity (Wildman–Crippen MR) is 60.1 cm³/mol. The molecule has 86 valence electrons. The topological polar surface area (TPSA) is 0 Å². The third-order valence-electron chi connectivity index (χ3n) is 2.85. The van der Waals surface area contributed by atoms with Crippen LogP contribution in [0.2, 0.25) is 0.831 Å². The molecule has 0 N–H and O–H groups in total. The SMILES string of the molecule is C[C]1=C(C)[C](C)([Zr+2][C]2=CC=CC2)[Bi]=[Bi]1.[Cl-].[Cl-]. The zero-order chi connectivity index (χ0) is 10.2. The van der Waals surface area contributed by atoms with Gasteiger partial charge in [0.15, 0.2) is 0 Å². The molecule has 1 aliphatic carbocycles. The Morgan fingerprint density at radius 2 is 2.00 bits per heavy atom. The van der Waals surface area contributed by atoms with Crippen LogP contribution in [0, 0.1) is 0 Å². The summed E-state index contributed by atoms with van der Waals surface area (Å²) in [5.41, 5.74) is 1.88. The van der Waals surface area contributed by atoms with Crippen molar-refractivity contribution in [2.24, 2.45) is 0 Å². The molecule has 0 aromatic rings.